The highest BCUT2D eigenvalue weighted by molar-refractivity contribution is 5.39. The molecule has 0 aromatic heterocycles. The summed E-state index contributed by atoms with van der Waals surface area (Å²) in [5.41, 5.74) is 2.53. The van der Waals surface area contributed by atoms with E-state index in [0.29, 0.717) is 5.92 Å². The first kappa shape index (κ1) is 13.9. The third-order valence-electron chi connectivity index (χ3n) is 4.82. The second-order valence-corrected chi connectivity index (χ2v) is 6.53. The third kappa shape index (κ3) is 2.84. The Kier molecular flexibility index (Phi) is 3.99. The molecule has 1 aromatic rings. The molecule has 1 fully saturated rings. The number of nitrogens with one attached hydrogen (secondary N) is 1. The summed E-state index contributed by atoms with van der Waals surface area (Å²) in [6.45, 7) is 4.17. The molecule has 1 aliphatic carbocycles. The van der Waals surface area contributed by atoms with Crippen molar-refractivity contribution in [3.63, 3.8) is 0 Å². The summed E-state index contributed by atoms with van der Waals surface area (Å²) in [5, 5.41) is 13.4. The standard InChI is InChI=1S/C17H25NO2/c1-13-3-2-7-17(10-13,12-19)18-11-14-4-5-16-15(9-14)6-8-20-16/h4-5,9,13,18-19H,2-3,6-8,10-12H2,1H3. The SMILES string of the molecule is CC1CCCC(CO)(NCc2ccc3c(c2)CCO3)C1. The molecule has 1 saturated carbocycles. The molecule has 3 nitrogen and oxygen atoms in total. The van der Waals surface area contributed by atoms with Gasteiger partial charge < -0.3 is 15.2 Å². The summed E-state index contributed by atoms with van der Waals surface area (Å²) in [4.78, 5) is 0. The Morgan fingerprint density at radius 1 is 1.45 bits per heavy atom. The Morgan fingerprint density at radius 2 is 2.35 bits per heavy atom. The molecule has 1 aliphatic heterocycles. The smallest absolute Gasteiger partial charge is 0.122 e. The van der Waals surface area contributed by atoms with Crippen molar-refractivity contribution in [2.75, 3.05) is 13.2 Å². The maximum atomic E-state index is 9.81. The molecule has 20 heavy (non-hydrogen) atoms. The summed E-state index contributed by atoms with van der Waals surface area (Å²) in [6, 6.07) is 6.45. The van der Waals surface area contributed by atoms with Crippen LogP contribution in [0.2, 0.25) is 0 Å². The minimum Gasteiger partial charge on any atom is -0.493 e. The lowest BCUT2D eigenvalue weighted by atomic mass is 9.76. The second-order valence-electron chi connectivity index (χ2n) is 6.53. The van der Waals surface area contributed by atoms with Crippen molar-refractivity contribution in [3.8, 4) is 5.75 Å². The van der Waals surface area contributed by atoms with Crippen LogP contribution in [0.5, 0.6) is 5.75 Å². The molecule has 2 N–H and O–H groups in total. The summed E-state index contributed by atoms with van der Waals surface area (Å²) in [6.07, 6.45) is 5.69. The quantitative estimate of drug-likeness (QED) is 0.887. The fourth-order valence-corrected chi connectivity index (χ4v) is 3.66. The molecule has 0 saturated heterocycles. The topological polar surface area (TPSA) is 41.5 Å². The zero-order chi connectivity index (χ0) is 14.0. The van der Waals surface area contributed by atoms with Gasteiger partial charge in [0, 0.05) is 18.5 Å². The number of aliphatic hydroxyl groups is 1. The van der Waals surface area contributed by atoms with Gasteiger partial charge in [-0.15, -0.1) is 0 Å². The first-order valence-corrected chi connectivity index (χ1v) is 7.81. The highest BCUT2D eigenvalue weighted by Crippen LogP contribution is 2.32. The number of aliphatic hydroxyl groups excluding tert-OH is 1. The molecule has 0 radical (unpaired) electrons. The van der Waals surface area contributed by atoms with Gasteiger partial charge in [-0.2, -0.15) is 0 Å². The molecular weight excluding hydrogens is 250 g/mol. The second kappa shape index (κ2) is 5.74. The van der Waals surface area contributed by atoms with Crippen molar-refractivity contribution in [3.05, 3.63) is 29.3 Å². The molecule has 3 rings (SSSR count). The van der Waals surface area contributed by atoms with Crippen LogP contribution in [0.3, 0.4) is 0 Å². The fraction of sp³-hybridized carbons (Fsp3) is 0.647. The van der Waals surface area contributed by atoms with Crippen LogP contribution < -0.4 is 10.1 Å². The molecular formula is C17H25NO2. The lowest BCUT2D eigenvalue weighted by Gasteiger charge is -2.39. The van der Waals surface area contributed by atoms with Crippen LogP contribution in [0.4, 0.5) is 0 Å². The van der Waals surface area contributed by atoms with Gasteiger partial charge in [0.2, 0.25) is 0 Å². The van der Waals surface area contributed by atoms with Crippen LogP contribution in [0.1, 0.15) is 43.7 Å². The Morgan fingerprint density at radius 3 is 3.15 bits per heavy atom. The number of benzene rings is 1. The first-order valence-electron chi connectivity index (χ1n) is 7.81. The molecule has 0 bridgehead atoms. The highest BCUT2D eigenvalue weighted by Gasteiger charge is 2.33. The zero-order valence-electron chi connectivity index (χ0n) is 12.3. The minimum atomic E-state index is -0.0762. The van der Waals surface area contributed by atoms with E-state index in [2.05, 4.69) is 30.4 Å². The molecule has 3 heteroatoms. The van der Waals surface area contributed by atoms with E-state index in [0.717, 1.165) is 38.2 Å². The molecule has 1 aromatic carbocycles. The van der Waals surface area contributed by atoms with Gasteiger partial charge in [-0.05, 0) is 36.0 Å². The lowest BCUT2D eigenvalue weighted by Crippen LogP contribution is -2.51. The Bertz CT molecular complexity index is 474. The summed E-state index contributed by atoms with van der Waals surface area (Å²) in [7, 11) is 0. The van der Waals surface area contributed by atoms with Crippen LogP contribution in [0.25, 0.3) is 0 Å². The average Bonchev–Trinajstić information content (AvgIpc) is 2.93. The summed E-state index contributed by atoms with van der Waals surface area (Å²) in [5.74, 6) is 1.74. The van der Waals surface area contributed by atoms with E-state index >= 15 is 0 Å². The van der Waals surface area contributed by atoms with Crippen molar-refractivity contribution in [1.82, 2.24) is 5.32 Å². The van der Waals surface area contributed by atoms with Crippen molar-refractivity contribution in [2.24, 2.45) is 5.92 Å². The number of ether oxygens (including phenoxy) is 1. The molecule has 1 heterocycles. The van der Waals surface area contributed by atoms with Gasteiger partial charge in [-0.25, -0.2) is 0 Å². The predicted octanol–water partition coefficient (Wildman–Crippen LogP) is 2.65. The van der Waals surface area contributed by atoms with Crippen LogP contribution >= 0.6 is 0 Å². The van der Waals surface area contributed by atoms with Gasteiger partial charge >= 0.3 is 0 Å². The van der Waals surface area contributed by atoms with Crippen LogP contribution in [0, 0.1) is 5.92 Å². The van der Waals surface area contributed by atoms with Crippen molar-refractivity contribution >= 4 is 0 Å². The van der Waals surface area contributed by atoms with E-state index in [1.54, 1.807) is 0 Å². The summed E-state index contributed by atoms with van der Waals surface area (Å²) < 4.78 is 5.54. The number of rotatable bonds is 4. The zero-order valence-corrected chi connectivity index (χ0v) is 12.3. The van der Waals surface area contributed by atoms with Gasteiger partial charge in [0.05, 0.1) is 13.2 Å². The van der Waals surface area contributed by atoms with Gasteiger partial charge in [-0.1, -0.05) is 31.9 Å². The molecule has 2 unspecified atom stereocenters. The fourth-order valence-electron chi connectivity index (χ4n) is 3.66. The average molecular weight is 275 g/mol. The Balaban J connectivity index is 1.65. The molecule has 0 amide bonds. The number of hydrogen-bond acceptors (Lipinski definition) is 3. The summed E-state index contributed by atoms with van der Waals surface area (Å²) >= 11 is 0. The van der Waals surface area contributed by atoms with E-state index in [4.69, 9.17) is 4.74 Å². The van der Waals surface area contributed by atoms with Crippen LogP contribution in [-0.4, -0.2) is 23.9 Å². The first-order chi connectivity index (χ1) is 9.71. The van der Waals surface area contributed by atoms with Crippen LogP contribution in [-0.2, 0) is 13.0 Å². The molecule has 2 atom stereocenters. The van der Waals surface area contributed by atoms with Gasteiger partial charge in [-0.3, -0.25) is 0 Å². The maximum absolute atomic E-state index is 9.81. The van der Waals surface area contributed by atoms with E-state index in [1.807, 2.05) is 0 Å². The van der Waals surface area contributed by atoms with E-state index in [-0.39, 0.29) is 12.1 Å². The Hall–Kier alpha value is -1.06. The van der Waals surface area contributed by atoms with Crippen molar-refractivity contribution in [1.29, 1.82) is 0 Å². The van der Waals surface area contributed by atoms with E-state index in [9.17, 15) is 5.11 Å². The number of fused-ring (bicyclic) bond motifs is 1. The van der Waals surface area contributed by atoms with Gasteiger partial charge in [0.15, 0.2) is 0 Å². The molecule has 0 spiro atoms. The maximum Gasteiger partial charge on any atom is 0.122 e. The van der Waals surface area contributed by atoms with E-state index < -0.39 is 0 Å². The molecule has 2 aliphatic rings. The molecule has 110 valence electrons. The van der Waals surface area contributed by atoms with Crippen molar-refractivity contribution in [2.45, 2.75) is 51.1 Å². The third-order valence-corrected chi connectivity index (χ3v) is 4.82. The lowest BCUT2D eigenvalue weighted by molar-refractivity contribution is 0.0982. The Labute approximate surface area is 121 Å². The van der Waals surface area contributed by atoms with Gasteiger partial charge in [0.25, 0.3) is 0 Å². The number of hydrogen-bond donors (Lipinski definition) is 2. The normalized spacial score (nSPS) is 29.0. The highest BCUT2D eigenvalue weighted by atomic mass is 16.5. The van der Waals surface area contributed by atoms with Crippen molar-refractivity contribution < 1.29 is 9.84 Å². The van der Waals surface area contributed by atoms with Gasteiger partial charge in [0.1, 0.15) is 5.75 Å². The largest absolute Gasteiger partial charge is 0.493 e. The van der Waals surface area contributed by atoms with Crippen LogP contribution in [0.15, 0.2) is 18.2 Å². The van der Waals surface area contributed by atoms with E-state index in [1.165, 1.54) is 24.0 Å². The minimum absolute atomic E-state index is 0.0762. The predicted molar refractivity (Wildman–Crippen MR) is 79.9 cm³/mol. The monoisotopic (exact) mass is 275 g/mol.